The van der Waals surface area contributed by atoms with Crippen molar-refractivity contribution >= 4 is 51.2 Å². The predicted molar refractivity (Wildman–Crippen MR) is 107 cm³/mol. The third-order valence-electron chi connectivity index (χ3n) is 4.42. The molecule has 1 aliphatic rings. The number of halogens is 1. The van der Waals surface area contributed by atoms with E-state index in [0.29, 0.717) is 20.9 Å². The van der Waals surface area contributed by atoms with Crippen molar-refractivity contribution in [3.63, 3.8) is 0 Å². The Morgan fingerprint density at radius 1 is 1.35 bits per heavy atom. The Bertz CT molecular complexity index is 829. The molecule has 2 aromatic rings. The molecule has 0 fully saturated rings. The van der Waals surface area contributed by atoms with Gasteiger partial charge in [0.25, 0.3) is 0 Å². The van der Waals surface area contributed by atoms with Crippen LogP contribution in [0.5, 0.6) is 0 Å². The molecule has 0 saturated carbocycles. The van der Waals surface area contributed by atoms with Gasteiger partial charge in [0.05, 0.1) is 23.4 Å². The van der Waals surface area contributed by atoms with Crippen molar-refractivity contribution in [3.05, 3.63) is 37.4 Å². The van der Waals surface area contributed by atoms with Gasteiger partial charge in [-0.1, -0.05) is 11.6 Å². The number of ether oxygens (including phenoxy) is 1. The maximum Gasteiger partial charge on any atom is 0.341 e. The lowest BCUT2D eigenvalue weighted by molar-refractivity contribution is -0.115. The number of nitrogens with one attached hydrogen (secondary N) is 1. The molecule has 5 nitrogen and oxygen atoms in total. The summed E-state index contributed by atoms with van der Waals surface area (Å²) in [6, 6.07) is 4.06. The van der Waals surface area contributed by atoms with Crippen LogP contribution in [-0.4, -0.2) is 36.5 Å². The van der Waals surface area contributed by atoms with Gasteiger partial charge in [-0.2, -0.15) is 0 Å². The number of esters is 1. The highest BCUT2D eigenvalue weighted by molar-refractivity contribution is 7.17. The zero-order chi connectivity index (χ0) is 18.8. The Morgan fingerprint density at radius 2 is 2.12 bits per heavy atom. The highest BCUT2D eigenvalue weighted by Crippen LogP contribution is 2.38. The van der Waals surface area contributed by atoms with Crippen molar-refractivity contribution in [2.45, 2.75) is 39.3 Å². The van der Waals surface area contributed by atoms with Crippen LogP contribution in [0.1, 0.15) is 39.5 Å². The minimum absolute atomic E-state index is 0.159. The minimum atomic E-state index is -0.394. The van der Waals surface area contributed by atoms with Crippen LogP contribution in [0.2, 0.25) is 4.34 Å². The largest absolute Gasteiger partial charge is 0.465 e. The Hall–Kier alpha value is -1.41. The third-order valence-corrected chi connectivity index (χ3v) is 6.79. The normalized spacial score (nSPS) is 14.3. The van der Waals surface area contributed by atoms with Crippen LogP contribution < -0.4 is 5.32 Å². The van der Waals surface area contributed by atoms with Crippen molar-refractivity contribution in [2.75, 3.05) is 19.0 Å². The molecule has 0 spiro atoms. The summed E-state index contributed by atoms with van der Waals surface area (Å²) in [5, 5.41) is 3.49. The number of amides is 1. The zero-order valence-corrected chi connectivity index (χ0v) is 17.3. The summed E-state index contributed by atoms with van der Waals surface area (Å²) in [5.74, 6) is -0.553. The SMILES string of the molecule is COC(=O)c1c(NC(=O)Cc2ccc(Cl)s2)sc2c1CCN(C(C)C)C2. The van der Waals surface area contributed by atoms with Crippen LogP contribution in [0.3, 0.4) is 0 Å². The third kappa shape index (κ3) is 4.11. The molecular formula is C18H21ClN2O3S2. The number of hydrogen-bond acceptors (Lipinski definition) is 6. The van der Waals surface area contributed by atoms with Crippen LogP contribution in [0, 0.1) is 0 Å². The fraction of sp³-hybridized carbons (Fsp3) is 0.444. The lowest BCUT2D eigenvalue weighted by Gasteiger charge is -2.30. The van der Waals surface area contributed by atoms with Gasteiger partial charge in [0, 0.05) is 28.9 Å². The number of anilines is 1. The summed E-state index contributed by atoms with van der Waals surface area (Å²) in [5.41, 5.74) is 1.52. The second kappa shape index (κ2) is 8.08. The smallest absolute Gasteiger partial charge is 0.341 e. The number of fused-ring (bicyclic) bond motifs is 1. The van der Waals surface area contributed by atoms with Gasteiger partial charge >= 0.3 is 5.97 Å². The number of carbonyl (C=O) groups is 2. The standard InChI is InChI=1S/C18H21ClN2O3S2/c1-10(2)21-7-6-12-13(9-21)26-17(16(12)18(23)24-3)20-15(22)8-11-4-5-14(19)25-11/h4-5,10H,6-9H2,1-3H3,(H,20,22). The van der Waals surface area contributed by atoms with Crippen LogP contribution in [0.4, 0.5) is 5.00 Å². The Morgan fingerprint density at radius 3 is 2.73 bits per heavy atom. The Labute approximate surface area is 165 Å². The first-order valence-electron chi connectivity index (χ1n) is 8.40. The second-order valence-electron chi connectivity index (χ2n) is 6.44. The fourth-order valence-electron chi connectivity index (χ4n) is 3.05. The molecule has 140 valence electrons. The van der Waals surface area contributed by atoms with Crippen molar-refractivity contribution in [1.82, 2.24) is 4.90 Å². The van der Waals surface area contributed by atoms with Gasteiger partial charge in [0.15, 0.2) is 0 Å². The molecule has 8 heteroatoms. The summed E-state index contributed by atoms with van der Waals surface area (Å²) in [4.78, 5) is 29.1. The lowest BCUT2D eigenvalue weighted by atomic mass is 10.0. The first kappa shape index (κ1) is 19.4. The van der Waals surface area contributed by atoms with Gasteiger partial charge < -0.3 is 10.1 Å². The van der Waals surface area contributed by atoms with E-state index in [1.807, 2.05) is 6.07 Å². The van der Waals surface area contributed by atoms with Crippen molar-refractivity contribution in [2.24, 2.45) is 0 Å². The summed E-state index contributed by atoms with van der Waals surface area (Å²) >= 11 is 8.78. The number of hydrogen-bond donors (Lipinski definition) is 1. The number of methoxy groups -OCH3 is 1. The number of nitrogens with zero attached hydrogens (tertiary/aromatic N) is 1. The van der Waals surface area contributed by atoms with Gasteiger partial charge in [-0.3, -0.25) is 9.69 Å². The molecule has 0 atom stereocenters. The topological polar surface area (TPSA) is 58.6 Å². The summed E-state index contributed by atoms with van der Waals surface area (Å²) in [7, 11) is 1.37. The first-order chi connectivity index (χ1) is 12.4. The molecule has 3 heterocycles. The first-order valence-corrected chi connectivity index (χ1v) is 10.4. The molecule has 0 saturated heterocycles. The van der Waals surface area contributed by atoms with E-state index in [1.165, 1.54) is 29.8 Å². The molecule has 0 aromatic carbocycles. The van der Waals surface area contributed by atoms with Gasteiger partial charge in [0.1, 0.15) is 5.00 Å². The average molecular weight is 413 g/mol. The van der Waals surface area contributed by atoms with E-state index < -0.39 is 5.97 Å². The van der Waals surface area contributed by atoms with E-state index in [4.69, 9.17) is 16.3 Å². The van der Waals surface area contributed by atoms with Gasteiger partial charge in [-0.15, -0.1) is 22.7 Å². The van der Waals surface area contributed by atoms with Gasteiger partial charge in [-0.25, -0.2) is 4.79 Å². The monoisotopic (exact) mass is 412 g/mol. The Balaban J connectivity index is 1.84. The van der Waals surface area contributed by atoms with E-state index >= 15 is 0 Å². The molecule has 0 radical (unpaired) electrons. The van der Waals surface area contributed by atoms with Crippen molar-refractivity contribution < 1.29 is 14.3 Å². The summed E-state index contributed by atoms with van der Waals surface area (Å²) in [6.07, 6.45) is 1.02. The molecule has 3 rings (SSSR count). The molecule has 1 aliphatic heterocycles. The quantitative estimate of drug-likeness (QED) is 0.748. The fourth-order valence-corrected chi connectivity index (χ4v) is 5.41. The van der Waals surface area contributed by atoms with Crippen molar-refractivity contribution in [1.29, 1.82) is 0 Å². The number of thiophene rings is 2. The van der Waals surface area contributed by atoms with Crippen LogP contribution in [0.15, 0.2) is 12.1 Å². The number of carbonyl (C=O) groups excluding carboxylic acids is 2. The van der Waals surface area contributed by atoms with Crippen LogP contribution in [0.25, 0.3) is 0 Å². The predicted octanol–water partition coefficient (Wildman–Crippen LogP) is 4.20. The summed E-state index contributed by atoms with van der Waals surface area (Å²) < 4.78 is 5.62. The van der Waals surface area contributed by atoms with Crippen molar-refractivity contribution in [3.8, 4) is 0 Å². The molecule has 2 aromatic heterocycles. The van der Waals surface area contributed by atoms with Crippen LogP contribution >= 0.6 is 34.3 Å². The zero-order valence-electron chi connectivity index (χ0n) is 14.9. The molecule has 26 heavy (non-hydrogen) atoms. The van der Waals surface area contributed by atoms with E-state index in [1.54, 1.807) is 6.07 Å². The lowest BCUT2D eigenvalue weighted by Crippen LogP contribution is -2.35. The van der Waals surface area contributed by atoms with E-state index in [0.717, 1.165) is 34.8 Å². The molecule has 1 amide bonds. The number of rotatable bonds is 5. The molecular weight excluding hydrogens is 392 g/mol. The summed E-state index contributed by atoms with van der Waals surface area (Å²) in [6.45, 7) is 6.01. The van der Waals surface area contributed by atoms with E-state index in [2.05, 4.69) is 24.1 Å². The highest BCUT2D eigenvalue weighted by atomic mass is 35.5. The molecule has 0 unspecified atom stereocenters. The maximum atomic E-state index is 12.4. The van der Waals surface area contributed by atoms with E-state index in [9.17, 15) is 9.59 Å². The molecule has 0 bridgehead atoms. The van der Waals surface area contributed by atoms with Gasteiger partial charge in [-0.05, 0) is 38.0 Å². The van der Waals surface area contributed by atoms with Gasteiger partial charge in [0.2, 0.25) is 5.91 Å². The minimum Gasteiger partial charge on any atom is -0.465 e. The Kier molecular flexibility index (Phi) is 6.02. The van der Waals surface area contributed by atoms with E-state index in [-0.39, 0.29) is 12.3 Å². The average Bonchev–Trinajstić information content (AvgIpc) is 3.16. The molecule has 0 aliphatic carbocycles. The maximum absolute atomic E-state index is 12.4. The highest BCUT2D eigenvalue weighted by Gasteiger charge is 2.30. The second-order valence-corrected chi connectivity index (χ2v) is 9.35. The molecule has 1 N–H and O–H groups in total. The van der Waals surface area contributed by atoms with Crippen LogP contribution in [-0.2, 0) is 28.9 Å².